The number of carbonyl (C=O) groups is 4. The number of carbonyl (C=O) groups excluding carboxylic acids is 3. The summed E-state index contributed by atoms with van der Waals surface area (Å²) in [7, 11) is 1.34. The van der Waals surface area contributed by atoms with E-state index in [-0.39, 0.29) is 47.5 Å². The molecule has 0 saturated heterocycles. The second kappa shape index (κ2) is 37.7. The predicted molar refractivity (Wildman–Crippen MR) is 366 cm³/mol. The smallest absolute Gasteiger partial charge is 0.309 e. The van der Waals surface area contributed by atoms with Crippen LogP contribution in [0.15, 0.2) is 153 Å². The molecule has 0 unspecified atom stereocenters. The Bertz CT molecular complexity index is 3650. The van der Waals surface area contributed by atoms with Gasteiger partial charge in [0.1, 0.15) is 41.1 Å². The highest BCUT2D eigenvalue weighted by molar-refractivity contribution is 6.34. The summed E-state index contributed by atoms with van der Waals surface area (Å²) in [5.74, 6) is 0.371. The number of carboxylic acids is 1. The normalized spacial score (nSPS) is 16.3. The number of hydrogen-bond donors (Lipinski definition) is 4. The monoisotopic (exact) mass is 1390 g/mol. The van der Waals surface area contributed by atoms with Crippen LogP contribution in [-0.2, 0) is 46.4 Å². The number of aliphatic hydroxyl groups excluding tert-OH is 1. The fourth-order valence-electron chi connectivity index (χ4n) is 9.81. The first-order valence-corrected chi connectivity index (χ1v) is 32.4. The van der Waals surface area contributed by atoms with Crippen molar-refractivity contribution in [2.45, 2.75) is 77.6 Å². The van der Waals surface area contributed by atoms with Crippen LogP contribution in [0.2, 0.25) is 35.2 Å². The van der Waals surface area contributed by atoms with Crippen molar-refractivity contribution in [3.05, 3.63) is 232 Å². The predicted octanol–water partition coefficient (Wildman–Crippen LogP) is 18.2. The van der Waals surface area contributed by atoms with Crippen LogP contribution in [0.1, 0.15) is 92.6 Å². The fraction of sp³-hybridized carbons (Fsp3) is 0.306. The molecule has 3 aliphatic heterocycles. The quantitative estimate of drug-likeness (QED) is 0.0457. The number of phenols is 2. The molecular formula is C72H73Cl7O13. The van der Waals surface area contributed by atoms with Gasteiger partial charge in [0, 0.05) is 34.6 Å². The van der Waals surface area contributed by atoms with E-state index in [1.54, 1.807) is 72.8 Å². The van der Waals surface area contributed by atoms with E-state index in [4.69, 9.17) is 115 Å². The molecule has 0 radical (unpaired) electrons. The van der Waals surface area contributed by atoms with Crippen molar-refractivity contribution in [1.29, 1.82) is 0 Å². The molecule has 7 aromatic carbocycles. The third-order valence-corrected chi connectivity index (χ3v) is 17.1. The number of Topliss-reactive ketones (excluding diaryl/α,β-unsaturated/α-hetero) is 2. The summed E-state index contributed by atoms with van der Waals surface area (Å²) in [5, 5.41) is 39.5. The number of carboxylic acid groups (broad SMARTS) is 1. The summed E-state index contributed by atoms with van der Waals surface area (Å²) >= 11 is 41.1. The zero-order valence-electron chi connectivity index (χ0n) is 50.9. The Balaban J connectivity index is 0.000000174. The lowest BCUT2D eigenvalue weighted by Crippen LogP contribution is -2.13. The number of allylic oxidation sites excluding steroid dienone is 1. The maximum absolute atomic E-state index is 12.4. The maximum atomic E-state index is 12.4. The van der Waals surface area contributed by atoms with Crippen LogP contribution in [0.25, 0.3) is 0 Å². The molecule has 20 heteroatoms. The van der Waals surface area contributed by atoms with Gasteiger partial charge in [-0.15, -0.1) is 6.58 Å². The number of rotatable bonds is 14. The number of phenolic OH excluding ortho intramolecular Hbond substituents is 2. The summed E-state index contributed by atoms with van der Waals surface area (Å²) in [6.45, 7) is 12.0. The average molecular weight is 1390 g/mol. The highest BCUT2D eigenvalue weighted by atomic mass is 35.5. The van der Waals surface area contributed by atoms with E-state index in [1.165, 1.54) is 18.2 Å². The Morgan fingerprint density at radius 2 is 1.04 bits per heavy atom. The van der Waals surface area contributed by atoms with E-state index in [2.05, 4.69) is 30.0 Å². The van der Waals surface area contributed by atoms with E-state index in [0.29, 0.717) is 99.0 Å². The Morgan fingerprint density at radius 1 is 0.554 bits per heavy atom. The van der Waals surface area contributed by atoms with E-state index in [9.17, 15) is 24.3 Å². The van der Waals surface area contributed by atoms with Crippen LogP contribution >= 0.6 is 81.2 Å². The Hall–Kier alpha value is -6.91. The number of ketones is 2. The minimum Gasteiger partial charge on any atom is -0.506 e. The van der Waals surface area contributed by atoms with Crippen molar-refractivity contribution in [3.63, 3.8) is 0 Å². The molecule has 13 nitrogen and oxygen atoms in total. The van der Waals surface area contributed by atoms with Crippen molar-refractivity contribution in [2.75, 3.05) is 40.1 Å². The molecule has 4 N–H and O–H groups in total. The summed E-state index contributed by atoms with van der Waals surface area (Å²) in [4.78, 5) is 46.8. The molecule has 2 aliphatic carbocycles. The molecular weight excluding hydrogens is 1320 g/mol. The first-order chi connectivity index (χ1) is 44.2. The Morgan fingerprint density at radius 3 is 1.54 bits per heavy atom. The number of aryl methyl sites for hydroxylation is 4. The molecule has 2 fully saturated rings. The Kier molecular flexibility index (Phi) is 30.4. The van der Waals surface area contributed by atoms with Crippen LogP contribution in [0, 0.1) is 30.6 Å². The van der Waals surface area contributed by atoms with Crippen LogP contribution in [0.3, 0.4) is 0 Å². The molecule has 4 atom stereocenters. The van der Waals surface area contributed by atoms with Crippen molar-refractivity contribution >= 4 is 105 Å². The van der Waals surface area contributed by atoms with Crippen LogP contribution in [-0.4, -0.2) is 84.1 Å². The molecule has 2 saturated carbocycles. The van der Waals surface area contributed by atoms with Gasteiger partial charge in [0.05, 0.1) is 68.9 Å². The number of aliphatic carboxylic acids is 1. The first kappa shape index (κ1) is 74.1. The van der Waals surface area contributed by atoms with Crippen molar-refractivity contribution in [1.82, 2.24) is 0 Å². The number of ether oxygens (including phenoxy) is 5. The van der Waals surface area contributed by atoms with Gasteiger partial charge in [-0.2, -0.15) is 0 Å². The summed E-state index contributed by atoms with van der Waals surface area (Å²) < 4.78 is 26.3. The minimum atomic E-state index is -0.897. The Labute approximate surface area is 572 Å². The number of methoxy groups -OCH3 is 1. The van der Waals surface area contributed by atoms with Gasteiger partial charge in [-0.1, -0.05) is 161 Å². The maximum Gasteiger partial charge on any atom is 0.309 e. The molecule has 0 spiro atoms. The zero-order valence-corrected chi connectivity index (χ0v) is 56.2. The number of aliphatic hydroxyl groups is 1. The third kappa shape index (κ3) is 22.1. The molecule has 3 heterocycles. The lowest BCUT2D eigenvalue weighted by atomic mass is 9.99. The zero-order chi connectivity index (χ0) is 66.9. The standard InChI is InChI=1S/C15H15ClO4.C14H13ClO4.C10H11Cl.C9H11ClO2.2C9H9ClO.C6H5ClO/c1-19-15(18)11-7-10(11)13(17)9-5-8-3-2-4-20-14(8)12(16)6-9;15-11-5-8(4-7-2-1-3-19-13(7)11)12(16)9-6-10(9)14(17)18;1-3-5-9-6-4-7-10(11)8(9)2;10-8-5-1-3-7(9(8)12)4-2-6-11;10-8-5-1-3-7-4-2-6-11-9(7)8;1-2-7-11-9-6-4-3-5-8(9)10;7-5-3-1-2-4-6(5)8/h5-6,10-11H,2-4,7H2,1H3;4-5,9-10H,1-3,6H2,(H,17,18);3-4,6-7H,1,5H2,2H3;1,3,5,11-12H,2,4,6H2;1,3,5H,2,4,6H2;2-6H,1,7H2;1-4,8H/t10-,11-;9-,10-;;;;;/m00...../s1. The van der Waals surface area contributed by atoms with Crippen molar-refractivity contribution in [3.8, 4) is 34.5 Å². The van der Waals surface area contributed by atoms with Gasteiger partial charge in [-0.3, -0.25) is 19.2 Å². The third-order valence-electron chi connectivity index (χ3n) is 14.9. The molecule has 0 bridgehead atoms. The highest BCUT2D eigenvalue weighted by Crippen LogP contribution is 2.45. The number of benzene rings is 7. The molecule has 92 heavy (non-hydrogen) atoms. The van der Waals surface area contributed by atoms with Crippen molar-refractivity contribution < 1.29 is 63.3 Å². The second-order valence-corrected chi connectivity index (χ2v) is 24.4. The summed E-state index contributed by atoms with van der Waals surface area (Å²) in [6.07, 6.45) is 12.5. The fourth-order valence-corrected chi connectivity index (χ4v) is 11.4. The van der Waals surface area contributed by atoms with Crippen LogP contribution in [0.4, 0.5) is 0 Å². The largest absolute Gasteiger partial charge is 0.506 e. The highest BCUT2D eigenvalue weighted by Gasteiger charge is 2.50. The molecule has 488 valence electrons. The van der Waals surface area contributed by atoms with Gasteiger partial charge in [-0.25, -0.2) is 0 Å². The van der Waals surface area contributed by atoms with Gasteiger partial charge in [0.15, 0.2) is 11.6 Å². The van der Waals surface area contributed by atoms with E-state index < -0.39 is 17.8 Å². The number of fused-ring (bicyclic) bond motifs is 3. The lowest BCUT2D eigenvalue weighted by molar-refractivity contribution is -0.142. The van der Waals surface area contributed by atoms with Gasteiger partial charge < -0.3 is 44.1 Å². The molecule has 0 aromatic heterocycles. The topological polar surface area (TPSA) is 195 Å². The van der Waals surface area contributed by atoms with E-state index in [1.807, 2.05) is 61.5 Å². The molecule has 5 aliphatic rings. The lowest BCUT2D eigenvalue weighted by Gasteiger charge is -2.19. The number of aromatic hydroxyl groups is 2. The van der Waals surface area contributed by atoms with Crippen molar-refractivity contribution in [2.24, 2.45) is 23.7 Å². The first-order valence-electron chi connectivity index (χ1n) is 29.8. The average Bonchev–Trinajstić information content (AvgIpc) is 1.64. The summed E-state index contributed by atoms with van der Waals surface area (Å²) in [6, 6.07) is 38.0. The molecule has 12 rings (SSSR count). The summed E-state index contributed by atoms with van der Waals surface area (Å²) in [5.41, 5.74) is 7.43. The van der Waals surface area contributed by atoms with E-state index >= 15 is 0 Å². The minimum absolute atomic E-state index is 0.0318. The second-order valence-electron chi connectivity index (χ2n) is 21.5. The number of hydrogen-bond acceptors (Lipinski definition) is 12. The van der Waals surface area contributed by atoms with Gasteiger partial charge in [0.25, 0.3) is 0 Å². The number of para-hydroxylation sites is 4. The van der Waals surface area contributed by atoms with E-state index in [0.717, 1.165) is 89.6 Å². The van der Waals surface area contributed by atoms with Gasteiger partial charge >= 0.3 is 11.9 Å². The number of esters is 1. The number of halogens is 7. The van der Waals surface area contributed by atoms with Gasteiger partial charge in [-0.05, 0) is 178 Å². The van der Waals surface area contributed by atoms with Crippen LogP contribution in [0.5, 0.6) is 34.5 Å². The van der Waals surface area contributed by atoms with Crippen LogP contribution < -0.4 is 18.9 Å². The molecule has 7 aromatic rings. The molecule has 0 amide bonds. The van der Waals surface area contributed by atoms with Gasteiger partial charge in [0.2, 0.25) is 0 Å². The SMILES string of the molecule is C=CCOc1ccccc1Cl.C=CCc1cccc(Cl)c1C.COC(=O)[C@H]1C[C@@H]1C(=O)c1cc(Cl)c2c(c1)CCCO2.Clc1cccc2c1OCCC2.O=C(O)[C@H]1C[C@@H]1C(=O)c1cc(Cl)c2c(c1)CCCO2.OCCCc1cccc(Cl)c1O.Oc1ccccc1Cl.